The van der Waals surface area contributed by atoms with Crippen LogP contribution in [0.2, 0.25) is 5.02 Å². The topological polar surface area (TPSA) is 73.6 Å². The average Bonchev–Trinajstić information content (AvgIpc) is 2.82. The van der Waals surface area contributed by atoms with Crippen LogP contribution in [0.1, 0.15) is 9.67 Å². The molecule has 5 nitrogen and oxygen atoms in total. The third-order valence-corrected chi connectivity index (χ3v) is 4.67. The lowest BCUT2D eigenvalue weighted by molar-refractivity contribution is -0.0855. The zero-order chi connectivity index (χ0) is 14.8. The van der Waals surface area contributed by atoms with E-state index in [1.165, 1.54) is 11.3 Å². The van der Waals surface area contributed by atoms with E-state index in [-0.39, 0.29) is 12.0 Å². The second-order valence-corrected chi connectivity index (χ2v) is 6.25. The summed E-state index contributed by atoms with van der Waals surface area (Å²) >= 11 is 7.30. The highest BCUT2D eigenvalue weighted by Crippen LogP contribution is 2.35. The van der Waals surface area contributed by atoms with Gasteiger partial charge in [-0.05, 0) is 18.2 Å². The predicted octanol–water partition coefficient (Wildman–Crippen LogP) is 2.28. The number of benzene rings is 1. The number of hydrogen-bond acceptors (Lipinski definition) is 5. The van der Waals surface area contributed by atoms with Gasteiger partial charge in [-0.2, -0.15) is 0 Å². The molecule has 7 heteroatoms. The number of carbonyl (C=O) groups excluding carboxylic acids is 1. The molecule has 0 radical (unpaired) electrons. The first-order valence-corrected chi connectivity index (χ1v) is 7.79. The number of thiophene rings is 1. The summed E-state index contributed by atoms with van der Waals surface area (Å²) in [4.78, 5) is 12.8. The van der Waals surface area contributed by atoms with Gasteiger partial charge in [0.2, 0.25) is 0 Å². The number of ether oxygens (including phenoxy) is 2. The van der Waals surface area contributed by atoms with E-state index >= 15 is 0 Å². The van der Waals surface area contributed by atoms with E-state index in [9.17, 15) is 4.79 Å². The van der Waals surface area contributed by atoms with Crippen molar-refractivity contribution in [3.63, 3.8) is 0 Å². The van der Waals surface area contributed by atoms with E-state index in [1.54, 1.807) is 6.07 Å². The van der Waals surface area contributed by atoms with E-state index in [1.807, 2.05) is 12.1 Å². The Kier molecular flexibility index (Phi) is 4.30. The molecule has 0 aliphatic carbocycles. The molecular formula is C14H15ClN2O3S. The molecule has 0 bridgehead atoms. The number of hydrogen-bond donors (Lipinski definition) is 2. The van der Waals surface area contributed by atoms with Crippen LogP contribution in [-0.4, -0.2) is 38.4 Å². The molecule has 3 rings (SSSR count). The van der Waals surface area contributed by atoms with E-state index in [4.69, 9.17) is 26.8 Å². The fraction of sp³-hybridized carbons (Fsp3) is 0.357. The Morgan fingerprint density at radius 2 is 2.33 bits per heavy atom. The number of carbonyl (C=O) groups is 1. The molecule has 1 aromatic heterocycles. The fourth-order valence-electron chi connectivity index (χ4n) is 2.20. The van der Waals surface area contributed by atoms with Crippen molar-refractivity contribution in [2.24, 2.45) is 0 Å². The third kappa shape index (κ3) is 3.13. The minimum Gasteiger partial charge on any atom is -0.397 e. The molecule has 1 aliphatic heterocycles. The Bertz CT molecular complexity index is 668. The lowest BCUT2D eigenvalue weighted by Gasteiger charge is -2.22. The van der Waals surface area contributed by atoms with Gasteiger partial charge in [-0.15, -0.1) is 11.3 Å². The van der Waals surface area contributed by atoms with Crippen LogP contribution >= 0.6 is 22.9 Å². The van der Waals surface area contributed by atoms with E-state index in [2.05, 4.69) is 5.32 Å². The lowest BCUT2D eigenvalue weighted by Crippen LogP contribution is -2.39. The number of halogens is 1. The smallest absolute Gasteiger partial charge is 0.263 e. The third-order valence-electron chi connectivity index (χ3n) is 3.27. The minimum absolute atomic E-state index is 0.104. The van der Waals surface area contributed by atoms with Gasteiger partial charge in [0.05, 0.1) is 31.6 Å². The van der Waals surface area contributed by atoms with Gasteiger partial charge in [-0.3, -0.25) is 4.79 Å². The molecule has 1 amide bonds. The summed E-state index contributed by atoms with van der Waals surface area (Å²) in [6.45, 7) is 2.07. The van der Waals surface area contributed by atoms with E-state index in [0.29, 0.717) is 42.0 Å². The molecule has 1 aliphatic rings. The van der Waals surface area contributed by atoms with Crippen LogP contribution in [0.5, 0.6) is 0 Å². The standard InChI is InChI=1S/C14H15ClN2O3S/c15-8-1-2-10-11(5-8)21-13(12(10)16)14(18)17-6-9-7-19-3-4-20-9/h1-2,5,9H,3-4,6-7,16H2,(H,17,18). The first kappa shape index (κ1) is 14.6. The highest BCUT2D eigenvalue weighted by atomic mass is 35.5. The molecule has 1 atom stereocenters. The number of amides is 1. The van der Waals surface area contributed by atoms with Crippen molar-refractivity contribution in [1.29, 1.82) is 0 Å². The largest absolute Gasteiger partial charge is 0.397 e. The quantitative estimate of drug-likeness (QED) is 0.907. The number of nitrogen functional groups attached to an aromatic ring is 1. The molecule has 3 N–H and O–H groups in total. The molecule has 21 heavy (non-hydrogen) atoms. The van der Waals surface area contributed by atoms with Crippen LogP contribution in [0.3, 0.4) is 0 Å². The van der Waals surface area contributed by atoms with Crippen LogP contribution in [0.25, 0.3) is 10.1 Å². The van der Waals surface area contributed by atoms with Gasteiger partial charge in [-0.1, -0.05) is 11.6 Å². The SMILES string of the molecule is Nc1c(C(=O)NCC2COCCO2)sc2cc(Cl)ccc12. The molecule has 2 aromatic rings. The summed E-state index contributed by atoms with van der Waals surface area (Å²) in [7, 11) is 0. The van der Waals surface area contributed by atoms with Crippen molar-refractivity contribution in [2.45, 2.75) is 6.10 Å². The van der Waals surface area contributed by atoms with Gasteiger partial charge >= 0.3 is 0 Å². The van der Waals surface area contributed by atoms with Crippen molar-refractivity contribution in [3.05, 3.63) is 28.1 Å². The average molecular weight is 327 g/mol. The van der Waals surface area contributed by atoms with E-state index < -0.39 is 0 Å². The fourth-order valence-corrected chi connectivity index (χ4v) is 3.52. The van der Waals surface area contributed by atoms with Gasteiger partial charge in [-0.25, -0.2) is 0 Å². The maximum absolute atomic E-state index is 12.3. The van der Waals surface area contributed by atoms with Gasteiger partial charge in [0.15, 0.2) is 0 Å². The maximum Gasteiger partial charge on any atom is 0.263 e. The van der Waals surface area contributed by atoms with Crippen molar-refractivity contribution in [2.75, 3.05) is 32.1 Å². The summed E-state index contributed by atoms with van der Waals surface area (Å²) < 4.78 is 11.7. The molecule has 1 fully saturated rings. The molecule has 0 saturated carbocycles. The van der Waals surface area contributed by atoms with Gasteiger partial charge in [0.25, 0.3) is 5.91 Å². The second kappa shape index (κ2) is 6.19. The number of rotatable bonds is 3. The maximum atomic E-state index is 12.3. The Hall–Kier alpha value is -1.34. The number of nitrogens with two attached hydrogens (primary N) is 1. The zero-order valence-corrected chi connectivity index (χ0v) is 12.8. The summed E-state index contributed by atoms with van der Waals surface area (Å²) in [5.74, 6) is -0.195. The van der Waals surface area contributed by atoms with Gasteiger partial charge in [0, 0.05) is 21.7 Å². The molecule has 1 saturated heterocycles. The van der Waals surface area contributed by atoms with Crippen LogP contribution in [0.4, 0.5) is 5.69 Å². The highest BCUT2D eigenvalue weighted by molar-refractivity contribution is 7.21. The van der Waals surface area contributed by atoms with Gasteiger partial charge < -0.3 is 20.5 Å². The summed E-state index contributed by atoms with van der Waals surface area (Å²) in [5, 5.41) is 4.32. The molecule has 2 heterocycles. The number of anilines is 1. The van der Waals surface area contributed by atoms with Crippen LogP contribution in [0, 0.1) is 0 Å². The van der Waals surface area contributed by atoms with E-state index in [0.717, 1.165) is 10.1 Å². The number of nitrogens with one attached hydrogen (secondary N) is 1. The summed E-state index contributed by atoms with van der Waals surface area (Å²) in [6, 6.07) is 5.41. The van der Waals surface area contributed by atoms with Crippen LogP contribution < -0.4 is 11.1 Å². The minimum atomic E-state index is -0.195. The zero-order valence-electron chi connectivity index (χ0n) is 11.2. The Morgan fingerprint density at radius 3 is 3.10 bits per heavy atom. The lowest BCUT2D eigenvalue weighted by atomic mass is 10.2. The van der Waals surface area contributed by atoms with Crippen LogP contribution in [-0.2, 0) is 9.47 Å². The van der Waals surface area contributed by atoms with Crippen molar-refractivity contribution >= 4 is 44.6 Å². The van der Waals surface area contributed by atoms with Crippen molar-refractivity contribution < 1.29 is 14.3 Å². The number of fused-ring (bicyclic) bond motifs is 1. The summed E-state index contributed by atoms with van der Waals surface area (Å²) in [6.07, 6.45) is -0.104. The molecule has 1 unspecified atom stereocenters. The first-order valence-electron chi connectivity index (χ1n) is 6.60. The van der Waals surface area contributed by atoms with Crippen molar-refractivity contribution in [3.8, 4) is 0 Å². The normalized spacial score (nSPS) is 18.8. The molecule has 1 aromatic carbocycles. The van der Waals surface area contributed by atoms with Crippen LogP contribution in [0.15, 0.2) is 18.2 Å². The predicted molar refractivity (Wildman–Crippen MR) is 84.1 cm³/mol. The molecule has 112 valence electrons. The Balaban J connectivity index is 1.73. The summed E-state index contributed by atoms with van der Waals surface area (Å²) in [5.41, 5.74) is 6.54. The van der Waals surface area contributed by atoms with Crippen molar-refractivity contribution in [1.82, 2.24) is 5.32 Å². The highest BCUT2D eigenvalue weighted by Gasteiger charge is 2.19. The first-order chi connectivity index (χ1) is 10.1. The molecule has 0 spiro atoms. The monoisotopic (exact) mass is 326 g/mol. The molecular weight excluding hydrogens is 312 g/mol. The second-order valence-electron chi connectivity index (χ2n) is 4.76. The Morgan fingerprint density at radius 1 is 1.48 bits per heavy atom. The van der Waals surface area contributed by atoms with Gasteiger partial charge in [0.1, 0.15) is 4.88 Å². The Labute approximate surface area is 131 Å².